The van der Waals surface area contributed by atoms with Crippen LogP contribution in [0.5, 0.6) is 0 Å². The fraction of sp³-hybridized carbons (Fsp3) is 0.683. The standard InChI is InChI=1S/C60H101NO8/c1-3-5-7-9-11-13-15-17-18-19-20-21-22-23-24-25-26-27-28-29-30-31-32-33-34-35-36-38-40-42-44-46-48-50-56(64)61-53(52-68-60-59(67)58(66)57(65)55(51-62)69-60)54(63)49-47-45-43-41-39-37-16-14-12-10-8-6-4-2/h5,7,11,13,17-18,20-21,23-24,26-27,29-30,32-33,47,49,53-55,57-60,62-63,65-67H,3-4,6,8-10,12,14-16,19,22,25,28,31,34-46,48,50-52H2,1-2H3,(H,61,64)/b7-5-,13-11-,18-17-,21-20-,24-23-,27-26-,30-29-,33-32-,49-47+. The molecule has 1 aliphatic heterocycles. The molecule has 0 aromatic heterocycles. The fourth-order valence-electron chi connectivity index (χ4n) is 7.99. The molecule has 69 heavy (non-hydrogen) atoms. The van der Waals surface area contributed by atoms with Crippen LogP contribution in [0.25, 0.3) is 0 Å². The van der Waals surface area contributed by atoms with E-state index in [2.05, 4.69) is 116 Å². The van der Waals surface area contributed by atoms with Crippen LogP contribution in [0.1, 0.15) is 206 Å². The molecule has 0 bridgehead atoms. The maximum atomic E-state index is 13.0. The van der Waals surface area contributed by atoms with Gasteiger partial charge >= 0.3 is 0 Å². The number of ether oxygens (including phenoxy) is 2. The van der Waals surface area contributed by atoms with Gasteiger partial charge in [0.25, 0.3) is 0 Å². The van der Waals surface area contributed by atoms with Gasteiger partial charge in [-0.25, -0.2) is 0 Å². The number of aliphatic hydroxyl groups excluding tert-OH is 5. The number of amides is 1. The Labute approximate surface area is 421 Å². The molecule has 1 heterocycles. The van der Waals surface area contributed by atoms with Gasteiger partial charge in [0.1, 0.15) is 24.4 Å². The van der Waals surface area contributed by atoms with Crippen LogP contribution >= 0.6 is 0 Å². The number of carbonyl (C=O) groups excluding carboxylic acids is 1. The Bertz CT molecular complexity index is 1440. The Hall–Kier alpha value is -3.15. The summed E-state index contributed by atoms with van der Waals surface area (Å²) >= 11 is 0. The number of rotatable bonds is 45. The number of nitrogens with one attached hydrogen (secondary N) is 1. The largest absolute Gasteiger partial charge is 0.394 e. The van der Waals surface area contributed by atoms with Crippen LogP contribution in [-0.2, 0) is 14.3 Å². The van der Waals surface area contributed by atoms with Crippen molar-refractivity contribution in [2.24, 2.45) is 0 Å². The SMILES string of the molecule is CC/C=C\C/C=C\C/C=C\C/C=C\C/C=C\C/C=C\C/C=C\C/C=C\CCCCCCCCCCC(=O)NC(COC1OC(CO)C(O)C(O)C1O)C(O)/C=C/CCCCCCCCCCCCC. The van der Waals surface area contributed by atoms with E-state index in [4.69, 9.17) is 9.47 Å². The van der Waals surface area contributed by atoms with Crippen molar-refractivity contribution in [1.82, 2.24) is 5.32 Å². The van der Waals surface area contributed by atoms with Crippen molar-refractivity contribution in [2.75, 3.05) is 13.2 Å². The van der Waals surface area contributed by atoms with Crippen molar-refractivity contribution in [2.45, 2.75) is 249 Å². The lowest BCUT2D eigenvalue weighted by atomic mass is 9.99. The summed E-state index contributed by atoms with van der Waals surface area (Å²) in [4.78, 5) is 13.0. The number of allylic oxidation sites excluding steroid dienone is 17. The zero-order valence-corrected chi connectivity index (χ0v) is 43.5. The van der Waals surface area contributed by atoms with Crippen LogP contribution in [-0.4, -0.2) is 87.5 Å². The van der Waals surface area contributed by atoms with Gasteiger partial charge in [0.15, 0.2) is 6.29 Å². The number of carbonyl (C=O) groups is 1. The summed E-state index contributed by atoms with van der Waals surface area (Å²) in [7, 11) is 0. The molecule has 0 saturated carbocycles. The molecular formula is C60H101NO8. The lowest BCUT2D eigenvalue weighted by molar-refractivity contribution is -0.302. The maximum absolute atomic E-state index is 13.0. The van der Waals surface area contributed by atoms with Gasteiger partial charge in [0, 0.05) is 6.42 Å². The molecule has 7 atom stereocenters. The Morgan fingerprint density at radius 3 is 1.33 bits per heavy atom. The van der Waals surface area contributed by atoms with Crippen molar-refractivity contribution >= 4 is 5.91 Å². The molecule has 1 saturated heterocycles. The van der Waals surface area contributed by atoms with E-state index < -0.39 is 49.5 Å². The molecule has 6 N–H and O–H groups in total. The highest BCUT2D eigenvalue weighted by Gasteiger charge is 2.44. The molecule has 394 valence electrons. The highest BCUT2D eigenvalue weighted by molar-refractivity contribution is 5.76. The summed E-state index contributed by atoms with van der Waals surface area (Å²) in [5.74, 6) is -0.191. The van der Waals surface area contributed by atoms with Gasteiger partial charge in [-0.1, -0.05) is 226 Å². The first-order chi connectivity index (χ1) is 33.8. The van der Waals surface area contributed by atoms with Crippen LogP contribution in [0.4, 0.5) is 0 Å². The summed E-state index contributed by atoms with van der Waals surface area (Å²) in [5.41, 5.74) is 0. The summed E-state index contributed by atoms with van der Waals surface area (Å²) in [6, 6.07) is -0.816. The lowest BCUT2D eigenvalue weighted by Crippen LogP contribution is -2.60. The Kier molecular flexibility index (Phi) is 44.9. The zero-order valence-electron chi connectivity index (χ0n) is 43.5. The van der Waals surface area contributed by atoms with Crippen molar-refractivity contribution in [3.63, 3.8) is 0 Å². The quantitative estimate of drug-likeness (QED) is 0.0261. The predicted octanol–water partition coefficient (Wildman–Crippen LogP) is 13.4. The first-order valence-electron chi connectivity index (χ1n) is 27.6. The Morgan fingerprint density at radius 1 is 0.507 bits per heavy atom. The van der Waals surface area contributed by atoms with Gasteiger partial charge in [0.2, 0.25) is 5.91 Å². The lowest BCUT2D eigenvalue weighted by Gasteiger charge is -2.40. The third-order valence-corrected chi connectivity index (χ3v) is 12.4. The van der Waals surface area contributed by atoms with Crippen molar-refractivity contribution in [3.05, 3.63) is 109 Å². The average Bonchev–Trinajstić information content (AvgIpc) is 3.35. The molecule has 9 heteroatoms. The average molecular weight is 964 g/mol. The number of unbranched alkanes of at least 4 members (excludes halogenated alkanes) is 19. The van der Waals surface area contributed by atoms with Crippen LogP contribution in [0.3, 0.4) is 0 Å². The highest BCUT2D eigenvalue weighted by atomic mass is 16.7. The monoisotopic (exact) mass is 964 g/mol. The smallest absolute Gasteiger partial charge is 0.220 e. The third-order valence-electron chi connectivity index (χ3n) is 12.4. The number of hydrogen-bond donors (Lipinski definition) is 6. The van der Waals surface area contributed by atoms with E-state index in [0.717, 1.165) is 103 Å². The molecule has 0 spiro atoms. The van der Waals surface area contributed by atoms with E-state index in [1.807, 2.05) is 6.08 Å². The number of aliphatic hydroxyl groups is 5. The molecule has 7 unspecified atom stereocenters. The van der Waals surface area contributed by atoms with Crippen LogP contribution in [0, 0.1) is 0 Å². The molecule has 0 aromatic rings. The van der Waals surface area contributed by atoms with E-state index >= 15 is 0 Å². The Balaban J connectivity index is 2.21. The molecule has 1 aliphatic rings. The van der Waals surface area contributed by atoms with E-state index in [0.29, 0.717) is 6.42 Å². The van der Waals surface area contributed by atoms with Gasteiger partial charge < -0.3 is 40.3 Å². The van der Waals surface area contributed by atoms with Crippen molar-refractivity contribution in [3.8, 4) is 0 Å². The predicted molar refractivity (Wildman–Crippen MR) is 290 cm³/mol. The normalized spacial score (nSPS) is 20.4. The van der Waals surface area contributed by atoms with Crippen molar-refractivity contribution in [1.29, 1.82) is 0 Å². The Morgan fingerprint density at radius 2 is 0.899 bits per heavy atom. The molecule has 0 aromatic carbocycles. The minimum atomic E-state index is -1.57. The second-order valence-corrected chi connectivity index (χ2v) is 18.6. The van der Waals surface area contributed by atoms with Crippen LogP contribution in [0.2, 0.25) is 0 Å². The van der Waals surface area contributed by atoms with Crippen molar-refractivity contribution < 1.29 is 39.8 Å². The summed E-state index contributed by atoms with van der Waals surface area (Å²) in [5, 5.41) is 54.3. The third kappa shape index (κ3) is 38.2. The summed E-state index contributed by atoms with van der Waals surface area (Å²) in [6.45, 7) is 3.64. The second-order valence-electron chi connectivity index (χ2n) is 18.6. The van der Waals surface area contributed by atoms with Gasteiger partial charge in [-0.3, -0.25) is 4.79 Å². The molecule has 0 aliphatic carbocycles. The van der Waals surface area contributed by atoms with Crippen LogP contribution < -0.4 is 5.32 Å². The molecule has 1 amide bonds. The minimum Gasteiger partial charge on any atom is -0.394 e. The summed E-state index contributed by atoms with van der Waals surface area (Å²) < 4.78 is 11.2. The van der Waals surface area contributed by atoms with Gasteiger partial charge in [0.05, 0.1) is 25.4 Å². The first-order valence-corrected chi connectivity index (χ1v) is 27.6. The summed E-state index contributed by atoms with van der Waals surface area (Å²) in [6.07, 6.45) is 64.3. The molecule has 9 nitrogen and oxygen atoms in total. The van der Waals surface area contributed by atoms with E-state index in [1.54, 1.807) is 6.08 Å². The van der Waals surface area contributed by atoms with E-state index in [1.165, 1.54) is 83.5 Å². The van der Waals surface area contributed by atoms with Gasteiger partial charge in [-0.05, 0) is 83.5 Å². The minimum absolute atomic E-state index is 0.191. The molecule has 0 radical (unpaired) electrons. The molecular weight excluding hydrogens is 863 g/mol. The van der Waals surface area contributed by atoms with Crippen LogP contribution in [0.15, 0.2) is 109 Å². The first kappa shape index (κ1) is 63.9. The zero-order chi connectivity index (χ0) is 50.1. The van der Waals surface area contributed by atoms with Gasteiger partial charge in [-0.2, -0.15) is 0 Å². The topological polar surface area (TPSA) is 149 Å². The van der Waals surface area contributed by atoms with Gasteiger partial charge in [-0.15, -0.1) is 0 Å². The highest BCUT2D eigenvalue weighted by Crippen LogP contribution is 2.23. The molecule has 1 rings (SSSR count). The molecule has 1 fully saturated rings. The second kappa shape index (κ2) is 48.5. The fourth-order valence-corrected chi connectivity index (χ4v) is 7.99. The number of hydrogen-bond acceptors (Lipinski definition) is 8. The van der Waals surface area contributed by atoms with E-state index in [9.17, 15) is 30.3 Å². The van der Waals surface area contributed by atoms with E-state index in [-0.39, 0.29) is 12.5 Å². The maximum Gasteiger partial charge on any atom is 0.220 e.